The molecule has 2 aromatic rings. The molecule has 0 spiro atoms. The number of anilines is 2. The van der Waals surface area contributed by atoms with Gasteiger partial charge in [0, 0.05) is 19.3 Å². The highest BCUT2D eigenvalue weighted by Gasteiger charge is 2.21. The lowest BCUT2D eigenvalue weighted by Crippen LogP contribution is -2.29. The van der Waals surface area contributed by atoms with Gasteiger partial charge in [-0.3, -0.25) is 4.72 Å². The average Bonchev–Trinajstić information content (AvgIpc) is 2.77. The summed E-state index contributed by atoms with van der Waals surface area (Å²) >= 11 is 0. The molecule has 0 aromatic heterocycles. The molecule has 31 heavy (non-hydrogen) atoms. The van der Waals surface area contributed by atoms with Gasteiger partial charge in [-0.25, -0.2) is 13.2 Å². The molecule has 1 heterocycles. The van der Waals surface area contributed by atoms with E-state index in [9.17, 15) is 13.2 Å². The molecule has 2 aromatic carbocycles. The van der Waals surface area contributed by atoms with E-state index in [1.165, 1.54) is 6.07 Å². The van der Waals surface area contributed by atoms with E-state index < -0.39 is 16.0 Å². The van der Waals surface area contributed by atoms with Gasteiger partial charge < -0.3 is 19.3 Å². The molecule has 0 saturated carbocycles. The topological polar surface area (TPSA) is 88.2 Å². The lowest BCUT2D eigenvalue weighted by molar-refractivity contribution is 0.0466. The van der Waals surface area contributed by atoms with Crippen molar-refractivity contribution in [1.29, 1.82) is 0 Å². The first-order chi connectivity index (χ1) is 14.8. The Morgan fingerprint density at radius 2 is 1.87 bits per heavy atom. The predicted octanol–water partition coefficient (Wildman–Crippen LogP) is 2.81. The largest absolute Gasteiger partial charge is 0.490 e. The summed E-state index contributed by atoms with van der Waals surface area (Å²) in [6, 6.07) is 11.0. The van der Waals surface area contributed by atoms with E-state index in [2.05, 4.69) is 23.5 Å². The predicted molar refractivity (Wildman–Crippen MR) is 121 cm³/mol. The third kappa shape index (κ3) is 5.68. The minimum absolute atomic E-state index is 0.142. The number of carbonyl (C=O) groups excluding carboxylic acids is 1. The van der Waals surface area contributed by atoms with Crippen LogP contribution in [0.1, 0.15) is 24.2 Å². The summed E-state index contributed by atoms with van der Waals surface area (Å²) in [5.74, 6) is 0.232. The van der Waals surface area contributed by atoms with Crippen LogP contribution < -0.4 is 14.4 Å². The molecule has 0 fully saturated rings. The van der Waals surface area contributed by atoms with Crippen LogP contribution in [0.2, 0.25) is 0 Å². The van der Waals surface area contributed by atoms with Crippen LogP contribution in [0.3, 0.4) is 0 Å². The van der Waals surface area contributed by atoms with Crippen LogP contribution in [0.15, 0.2) is 47.4 Å². The van der Waals surface area contributed by atoms with Crippen molar-refractivity contribution in [3.63, 3.8) is 0 Å². The standard InChI is InChI=1S/C22H29N3O5S/c1-4-25(5-2)13-15-30-22(26)17-6-8-18(9-7-17)23-31(27,28)19-10-11-21-20(16-19)24(3)12-14-29-21/h6-11,16,23H,4-5,12-15H2,1-3H3. The van der Waals surface area contributed by atoms with Crippen LogP contribution in [0.5, 0.6) is 5.75 Å². The van der Waals surface area contributed by atoms with Crippen molar-refractivity contribution in [2.75, 3.05) is 56.1 Å². The van der Waals surface area contributed by atoms with Gasteiger partial charge in [-0.15, -0.1) is 0 Å². The number of nitrogens with zero attached hydrogens (tertiary/aromatic N) is 2. The van der Waals surface area contributed by atoms with Crippen molar-refractivity contribution in [1.82, 2.24) is 4.90 Å². The van der Waals surface area contributed by atoms with Gasteiger partial charge in [-0.05, 0) is 55.6 Å². The Hall–Kier alpha value is -2.78. The first-order valence-corrected chi connectivity index (χ1v) is 11.8. The van der Waals surface area contributed by atoms with Crippen molar-refractivity contribution in [2.45, 2.75) is 18.7 Å². The Bertz CT molecular complexity index is 1000. The molecule has 0 atom stereocenters. The minimum Gasteiger partial charge on any atom is -0.490 e. The summed E-state index contributed by atoms with van der Waals surface area (Å²) in [7, 11) is -1.89. The molecule has 9 heteroatoms. The van der Waals surface area contributed by atoms with Crippen molar-refractivity contribution < 1.29 is 22.7 Å². The summed E-state index contributed by atoms with van der Waals surface area (Å²) in [5.41, 5.74) is 1.47. The number of likely N-dealkylation sites (N-methyl/N-ethyl adjacent to an activating group) is 2. The number of rotatable bonds is 9. The van der Waals surface area contributed by atoms with Crippen molar-refractivity contribution in [3.8, 4) is 5.75 Å². The number of sulfonamides is 1. The minimum atomic E-state index is -3.79. The number of esters is 1. The smallest absolute Gasteiger partial charge is 0.338 e. The number of benzene rings is 2. The number of fused-ring (bicyclic) bond motifs is 1. The van der Waals surface area contributed by atoms with Crippen LogP contribution in [0.25, 0.3) is 0 Å². The number of ether oxygens (including phenoxy) is 2. The van der Waals surface area contributed by atoms with Gasteiger partial charge in [0.1, 0.15) is 19.0 Å². The lowest BCUT2D eigenvalue weighted by atomic mass is 10.2. The summed E-state index contributed by atoms with van der Waals surface area (Å²) in [5, 5.41) is 0. The molecule has 0 unspecified atom stereocenters. The molecule has 8 nitrogen and oxygen atoms in total. The Morgan fingerprint density at radius 3 is 2.55 bits per heavy atom. The molecule has 0 bridgehead atoms. The maximum Gasteiger partial charge on any atom is 0.338 e. The van der Waals surface area contributed by atoms with E-state index in [4.69, 9.17) is 9.47 Å². The number of hydrogen-bond donors (Lipinski definition) is 1. The molecular weight excluding hydrogens is 418 g/mol. The van der Waals surface area contributed by atoms with Gasteiger partial charge in [0.2, 0.25) is 0 Å². The highest BCUT2D eigenvalue weighted by molar-refractivity contribution is 7.92. The van der Waals surface area contributed by atoms with Crippen LogP contribution >= 0.6 is 0 Å². The van der Waals surface area contributed by atoms with Gasteiger partial charge in [-0.1, -0.05) is 13.8 Å². The molecule has 3 rings (SSSR count). The van der Waals surface area contributed by atoms with Crippen LogP contribution in [-0.4, -0.2) is 65.7 Å². The fourth-order valence-corrected chi connectivity index (χ4v) is 4.35. The third-order valence-corrected chi connectivity index (χ3v) is 6.62. The lowest BCUT2D eigenvalue weighted by Gasteiger charge is -2.28. The highest BCUT2D eigenvalue weighted by Crippen LogP contribution is 2.33. The van der Waals surface area contributed by atoms with E-state index in [0.29, 0.717) is 43.3 Å². The first kappa shape index (κ1) is 22.9. The normalized spacial score (nSPS) is 13.5. The Balaban J connectivity index is 1.64. The molecule has 0 saturated heterocycles. The van der Waals surface area contributed by atoms with E-state index in [0.717, 1.165) is 18.8 Å². The molecule has 1 aliphatic rings. The Morgan fingerprint density at radius 1 is 1.16 bits per heavy atom. The zero-order valence-corrected chi connectivity index (χ0v) is 18.9. The van der Waals surface area contributed by atoms with Crippen LogP contribution in [0.4, 0.5) is 11.4 Å². The number of carbonyl (C=O) groups is 1. The molecule has 0 radical (unpaired) electrons. The molecule has 168 valence electrons. The van der Waals surface area contributed by atoms with Gasteiger partial charge >= 0.3 is 5.97 Å². The van der Waals surface area contributed by atoms with E-state index in [-0.39, 0.29) is 4.90 Å². The SMILES string of the molecule is CCN(CC)CCOC(=O)c1ccc(NS(=O)(=O)c2ccc3c(c2)N(C)CCO3)cc1. The fraction of sp³-hybridized carbons (Fsp3) is 0.409. The Kier molecular flexibility index (Phi) is 7.40. The van der Waals surface area contributed by atoms with Gasteiger partial charge in [-0.2, -0.15) is 0 Å². The van der Waals surface area contributed by atoms with E-state index in [1.807, 2.05) is 11.9 Å². The maximum atomic E-state index is 12.8. The fourth-order valence-electron chi connectivity index (χ4n) is 3.28. The Labute approximate surface area is 183 Å². The quantitative estimate of drug-likeness (QED) is 0.592. The summed E-state index contributed by atoms with van der Waals surface area (Å²) < 4.78 is 39.0. The first-order valence-electron chi connectivity index (χ1n) is 10.3. The molecular formula is C22H29N3O5S. The highest BCUT2D eigenvalue weighted by atomic mass is 32.2. The summed E-state index contributed by atoms with van der Waals surface area (Å²) in [6.07, 6.45) is 0. The van der Waals surface area contributed by atoms with E-state index >= 15 is 0 Å². The summed E-state index contributed by atoms with van der Waals surface area (Å²) in [6.45, 7) is 8.16. The zero-order chi connectivity index (χ0) is 22.4. The van der Waals surface area contributed by atoms with Crippen LogP contribution in [-0.2, 0) is 14.8 Å². The molecule has 1 N–H and O–H groups in total. The second kappa shape index (κ2) is 10.0. The monoisotopic (exact) mass is 447 g/mol. The van der Waals surface area contributed by atoms with Gasteiger partial charge in [0.25, 0.3) is 10.0 Å². The number of nitrogens with one attached hydrogen (secondary N) is 1. The molecule has 1 aliphatic heterocycles. The van der Waals surface area contributed by atoms with E-state index in [1.54, 1.807) is 36.4 Å². The molecule has 0 amide bonds. The van der Waals surface area contributed by atoms with Crippen molar-refractivity contribution in [2.24, 2.45) is 0 Å². The number of hydrogen-bond acceptors (Lipinski definition) is 7. The van der Waals surface area contributed by atoms with Crippen molar-refractivity contribution >= 4 is 27.4 Å². The van der Waals surface area contributed by atoms with Crippen molar-refractivity contribution in [3.05, 3.63) is 48.0 Å². The van der Waals surface area contributed by atoms with Gasteiger partial charge in [0.05, 0.1) is 22.7 Å². The second-order valence-corrected chi connectivity index (χ2v) is 8.93. The van der Waals surface area contributed by atoms with Crippen LogP contribution in [0, 0.1) is 0 Å². The third-order valence-electron chi connectivity index (χ3n) is 5.24. The maximum absolute atomic E-state index is 12.8. The second-order valence-electron chi connectivity index (χ2n) is 7.25. The average molecular weight is 448 g/mol. The molecule has 0 aliphatic carbocycles. The summed E-state index contributed by atoms with van der Waals surface area (Å²) in [4.78, 5) is 16.5. The van der Waals surface area contributed by atoms with Gasteiger partial charge in [0.15, 0.2) is 0 Å². The zero-order valence-electron chi connectivity index (χ0n) is 18.1.